The lowest BCUT2D eigenvalue weighted by Gasteiger charge is -2.55. The van der Waals surface area contributed by atoms with Crippen LogP contribution >= 0.6 is 0 Å². The predicted octanol–water partition coefficient (Wildman–Crippen LogP) is 2.29. The van der Waals surface area contributed by atoms with E-state index in [1.165, 1.54) is 31.7 Å². The molecule has 4 saturated carbocycles. The summed E-state index contributed by atoms with van der Waals surface area (Å²) in [6.07, 6.45) is 9.29. The van der Waals surface area contributed by atoms with Crippen molar-refractivity contribution < 1.29 is 9.53 Å². The minimum atomic E-state index is -0.439. The van der Waals surface area contributed by atoms with Gasteiger partial charge in [-0.25, -0.2) is 9.59 Å². The number of H-pyrrole nitrogens is 1. The van der Waals surface area contributed by atoms with Crippen LogP contribution in [0.15, 0.2) is 17.2 Å². The van der Waals surface area contributed by atoms with Gasteiger partial charge in [0, 0.05) is 6.20 Å². The van der Waals surface area contributed by atoms with E-state index in [0.717, 1.165) is 37.0 Å². The molecule has 112 valence electrons. The Balaban J connectivity index is 1.44. The molecule has 0 aromatic carbocycles. The van der Waals surface area contributed by atoms with E-state index in [2.05, 4.69) is 15.3 Å². The first-order valence-corrected chi connectivity index (χ1v) is 7.65. The van der Waals surface area contributed by atoms with Gasteiger partial charge in [0.1, 0.15) is 5.60 Å². The number of aromatic amines is 1. The largest absolute Gasteiger partial charge is 0.443 e. The Bertz CT molecular complexity index is 569. The summed E-state index contributed by atoms with van der Waals surface area (Å²) in [5, 5.41) is 2.65. The van der Waals surface area contributed by atoms with Crippen LogP contribution in [0.25, 0.3) is 0 Å². The number of carbonyl (C=O) groups excluding carboxylic acids is 1. The second kappa shape index (κ2) is 4.58. The Morgan fingerprint density at radius 3 is 2.38 bits per heavy atom. The summed E-state index contributed by atoms with van der Waals surface area (Å²) in [4.78, 5) is 29.0. The summed E-state index contributed by atoms with van der Waals surface area (Å²) in [5.41, 5.74) is -0.242. The Morgan fingerprint density at radius 2 is 1.86 bits per heavy atom. The van der Waals surface area contributed by atoms with Crippen LogP contribution in [0.5, 0.6) is 0 Å². The molecule has 6 nitrogen and oxygen atoms in total. The van der Waals surface area contributed by atoms with Crippen LogP contribution in [0.1, 0.15) is 38.5 Å². The summed E-state index contributed by atoms with van der Waals surface area (Å²) in [5.74, 6) is 2.20. The molecule has 6 heteroatoms. The molecule has 0 atom stereocenters. The lowest BCUT2D eigenvalue weighted by molar-refractivity contribution is -0.124. The maximum atomic E-state index is 12.1. The molecule has 5 rings (SSSR count). The maximum absolute atomic E-state index is 12.1. The molecule has 2 N–H and O–H groups in total. The smallest absolute Gasteiger partial charge is 0.412 e. The SMILES string of the molecule is O=C(Nc1cnc(=O)[nH]c1)OC12CC3CC(CC(C3)C1)C2. The molecule has 1 aromatic heterocycles. The van der Waals surface area contributed by atoms with Crippen molar-refractivity contribution >= 4 is 11.8 Å². The molecule has 4 aliphatic rings. The molecular formula is C15H19N3O3. The van der Waals surface area contributed by atoms with Crippen LogP contribution in [0.2, 0.25) is 0 Å². The highest BCUT2D eigenvalue weighted by Crippen LogP contribution is 2.57. The zero-order valence-electron chi connectivity index (χ0n) is 11.8. The van der Waals surface area contributed by atoms with Gasteiger partial charge in [0.25, 0.3) is 0 Å². The summed E-state index contributed by atoms with van der Waals surface area (Å²) < 4.78 is 5.81. The predicted molar refractivity (Wildman–Crippen MR) is 75.9 cm³/mol. The minimum absolute atomic E-state index is 0.256. The second-order valence-corrected chi connectivity index (χ2v) is 6.92. The number of nitrogens with one attached hydrogen (secondary N) is 2. The quantitative estimate of drug-likeness (QED) is 0.875. The zero-order chi connectivity index (χ0) is 14.4. The number of hydrogen-bond acceptors (Lipinski definition) is 4. The van der Waals surface area contributed by atoms with Crippen molar-refractivity contribution in [3.05, 3.63) is 22.9 Å². The van der Waals surface area contributed by atoms with Gasteiger partial charge in [-0.15, -0.1) is 0 Å². The Morgan fingerprint density at radius 1 is 1.24 bits per heavy atom. The van der Waals surface area contributed by atoms with E-state index < -0.39 is 11.8 Å². The molecule has 0 unspecified atom stereocenters. The van der Waals surface area contributed by atoms with Gasteiger partial charge in [-0.1, -0.05) is 0 Å². The van der Waals surface area contributed by atoms with Crippen LogP contribution in [0.4, 0.5) is 10.5 Å². The number of aromatic nitrogens is 2. The number of rotatable bonds is 2. The van der Waals surface area contributed by atoms with Crippen molar-refractivity contribution in [1.29, 1.82) is 0 Å². The molecule has 0 radical (unpaired) electrons. The van der Waals surface area contributed by atoms with Gasteiger partial charge in [-0.05, 0) is 56.3 Å². The highest BCUT2D eigenvalue weighted by Gasteiger charge is 2.53. The van der Waals surface area contributed by atoms with Crippen molar-refractivity contribution in [2.24, 2.45) is 17.8 Å². The van der Waals surface area contributed by atoms with E-state index in [4.69, 9.17) is 4.74 Å². The molecule has 0 spiro atoms. The first-order chi connectivity index (χ1) is 10.1. The summed E-state index contributed by atoms with van der Waals surface area (Å²) in [6.45, 7) is 0. The molecule has 1 heterocycles. The lowest BCUT2D eigenvalue weighted by Crippen LogP contribution is -2.53. The monoisotopic (exact) mass is 289 g/mol. The van der Waals surface area contributed by atoms with Gasteiger partial charge < -0.3 is 9.72 Å². The van der Waals surface area contributed by atoms with Crippen molar-refractivity contribution in [2.75, 3.05) is 5.32 Å². The second-order valence-electron chi connectivity index (χ2n) is 6.92. The average Bonchev–Trinajstić information content (AvgIpc) is 2.39. The van der Waals surface area contributed by atoms with E-state index in [9.17, 15) is 9.59 Å². The third-order valence-electron chi connectivity index (χ3n) is 5.21. The molecule has 1 amide bonds. The number of carbonyl (C=O) groups is 1. The number of anilines is 1. The van der Waals surface area contributed by atoms with Crippen molar-refractivity contribution in [3.8, 4) is 0 Å². The first-order valence-electron chi connectivity index (χ1n) is 7.65. The van der Waals surface area contributed by atoms with Crippen LogP contribution < -0.4 is 11.0 Å². The molecule has 0 aliphatic heterocycles. The number of amides is 1. The third kappa shape index (κ3) is 2.43. The standard InChI is InChI=1S/C15H19N3O3/c19-13-16-7-12(8-17-13)18-14(20)21-15-4-9-1-10(5-15)3-11(2-9)6-15/h7-11H,1-6H2,(H,18,20)(H,16,17,19). The minimum Gasteiger partial charge on any atom is -0.443 e. The molecular weight excluding hydrogens is 270 g/mol. The number of nitrogens with zero attached hydrogens (tertiary/aromatic N) is 1. The Kier molecular flexibility index (Phi) is 2.80. The van der Waals surface area contributed by atoms with E-state index in [-0.39, 0.29) is 5.60 Å². The van der Waals surface area contributed by atoms with Crippen LogP contribution in [0, 0.1) is 17.8 Å². The highest BCUT2D eigenvalue weighted by molar-refractivity contribution is 5.84. The van der Waals surface area contributed by atoms with Crippen molar-refractivity contribution in [1.82, 2.24) is 9.97 Å². The normalized spacial score (nSPS) is 36.5. The summed E-state index contributed by atoms with van der Waals surface area (Å²) in [6, 6.07) is 0. The molecule has 0 saturated heterocycles. The van der Waals surface area contributed by atoms with Gasteiger partial charge in [0.2, 0.25) is 0 Å². The van der Waals surface area contributed by atoms with E-state index in [1.807, 2.05) is 0 Å². The van der Waals surface area contributed by atoms with Gasteiger partial charge in [0.15, 0.2) is 0 Å². The maximum Gasteiger partial charge on any atom is 0.412 e. The summed E-state index contributed by atoms with van der Waals surface area (Å²) >= 11 is 0. The van der Waals surface area contributed by atoms with Gasteiger partial charge in [-0.2, -0.15) is 4.98 Å². The fourth-order valence-corrected chi connectivity index (χ4v) is 4.91. The molecule has 1 aromatic rings. The Hall–Kier alpha value is -1.85. The van der Waals surface area contributed by atoms with Gasteiger partial charge in [0.05, 0.1) is 11.9 Å². The zero-order valence-corrected chi connectivity index (χ0v) is 11.8. The number of ether oxygens (including phenoxy) is 1. The van der Waals surface area contributed by atoms with Crippen LogP contribution in [-0.2, 0) is 4.74 Å². The fraction of sp³-hybridized carbons (Fsp3) is 0.667. The van der Waals surface area contributed by atoms with E-state index in [1.54, 1.807) is 0 Å². The van der Waals surface area contributed by atoms with E-state index in [0.29, 0.717) is 5.69 Å². The Labute approximate surface area is 122 Å². The van der Waals surface area contributed by atoms with Gasteiger partial charge in [-0.3, -0.25) is 5.32 Å². The summed E-state index contributed by atoms with van der Waals surface area (Å²) in [7, 11) is 0. The van der Waals surface area contributed by atoms with Crippen molar-refractivity contribution in [2.45, 2.75) is 44.1 Å². The van der Waals surface area contributed by atoms with Gasteiger partial charge >= 0.3 is 11.8 Å². The molecule has 4 fully saturated rings. The van der Waals surface area contributed by atoms with Crippen LogP contribution in [0.3, 0.4) is 0 Å². The molecule has 21 heavy (non-hydrogen) atoms. The fourth-order valence-electron chi connectivity index (χ4n) is 4.91. The molecule has 4 bridgehead atoms. The lowest BCUT2D eigenvalue weighted by atomic mass is 9.54. The average molecular weight is 289 g/mol. The third-order valence-corrected chi connectivity index (χ3v) is 5.21. The van der Waals surface area contributed by atoms with Crippen LogP contribution in [-0.4, -0.2) is 21.7 Å². The molecule has 4 aliphatic carbocycles. The first kappa shape index (κ1) is 12.9. The highest BCUT2D eigenvalue weighted by atomic mass is 16.6. The van der Waals surface area contributed by atoms with E-state index >= 15 is 0 Å². The van der Waals surface area contributed by atoms with Crippen molar-refractivity contribution in [3.63, 3.8) is 0 Å². The number of hydrogen-bond donors (Lipinski definition) is 2. The topological polar surface area (TPSA) is 84.1 Å².